The van der Waals surface area contributed by atoms with Gasteiger partial charge in [-0.1, -0.05) is 0 Å². The van der Waals surface area contributed by atoms with E-state index in [1.165, 1.54) is 0 Å². The van der Waals surface area contributed by atoms with Gasteiger partial charge >= 0.3 is 5.97 Å². The molecule has 0 aromatic carbocycles. The van der Waals surface area contributed by atoms with E-state index in [1.54, 1.807) is 13.3 Å². The Balaban J connectivity index is 0. The van der Waals surface area contributed by atoms with Crippen molar-refractivity contribution in [2.24, 2.45) is 0 Å². The molecule has 0 unspecified atom stereocenters. The fraction of sp³-hybridized carbons (Fsp3) is 0.800. The van der Waals surface area contributed by atoms with E-state index in [4.69, 9.17) is 5.11 Å². The van der Waals surface area contributed by atoms with Gasteiger partial charge in [0.25, 0.3) is 0 Å². The zero-order chi connectivity index (χ0) is 8.57. The van der Waals surface area contributed by atoms with Crippen molar-refractivity contribution in [3.8, 4) is 0 Å². The molecule has 0 aliphatic carbocycles. The maximum Gasteiger partial charge on any atom is 0.321 e. The Bertz CT molecular complexity index is 85.7. The summed E-state index contributed by atoms with van der Waals surface area (Å²) in [4.78, 5) is 10.1. The Hall–Kier alpha value is 0.130. The number of likely N-dealkylation sites (N-methyl/N-ethyl adjacent to an activating group) is 1. The zero-order valence-electron chi connectivity index (χ0n) is 6.03. The molecule has 0 bridgehead atoms. The lowest BCUT2D eigenvalue weighted by atomic mass is 10.3. The van der Waals surface area contributed by atoms with Crippen LogP contribution in [0.2, 0.25) is 0 Å². The highest BCUT2D eigenvalue weighted by molar-refractivity contribution is 7.80. The molecule has 0 aliphatic heterocycles. The van der Waals surface area contributed by atoms with Gasteiger partial charge in [0.1, 0.15) is 6.04 Å². The van der Waals surface area contributed by atoms with Crippen LogP contribution >= 0.6 is 25.3 Å². The van der Waals surface area contributed by atoms with Gasteiger partial charge in [-0.05, 0) is 13.3 Å². The van der Waals surface area contributed by atoms with Crippen LogP contribution in [-0.4, -0.2) is 36.2 Å². The molecule has 0 aromatic heterocycles. The van der Waals surface area contributed by atoms with E-state index in [9.17, 15) is 4.79 Å². The van der Waals surface area contributed by atoms with Crippen molar-refractivity contribution < 1.29 is 9.90 Å². The van der Waals surface area contributed by atoms with Crippen LogP contribution < -0.4 is 5.32 Å². The minimum Gasteiger partial charge on any atom is -0.480 e. The molecule has 0 heterocycles. The summed E-state index contributed by atoms with van der Waals surface area (Å²) >= 11 is 7.32. The first kappa shape index (κ1) is 12.8. The highest BCUT2D eigenvalue weighted by Crippen LogP contribution is 1.84. The summed E-state index contributed by atoms with van der Waals surface area (Å²) in [6.45, 7) is 0. The third-order valence-electron chi connectivity index (χ3n) is 0.829. The average molecular weight is 183 g/mol. The number of hydrogen-bond donors (Lipinski definition) is 4. The molecule has 10 heavy (non-hydrogen) atoms. The summed E-state index contributed by atoms with van der Waals surface area (Å²) in [5.74, 6) is -0.534. The lowest BCUT2D eigenvalue weighted by molar-refractivity contribution is -0.138. The number of carboxylic acids is 1. The summed E-state index contributed by atoms with van der Waals surface area (Å²) in [6, 6.07) is -0.515. The summed E-state index contributed by atoms with van der Waals surface area (Å²) in [6.07, 6.45) is 1.69. The molecular formula is C5H13NO2S2. The first-order valence-electron chi connectivity index (χ1n) is 2.68. The normalized spacial score (nSPS) is 11.2. The van der Waals surface area contributed by atoms with E-state index < -0.39 is 12.0 Å². The van der Waals surface area contributed by atoms with Crippen LogP contribution in [0.25, 0.3) is 0 Å². The van der Waals surface area contributed by atoms with Crippen LogP contribution in [0.15, 0.2) is 0 Å². The molecule has 0 saturated carbocycles. The predicted octanol–water partition coefficient (Wildman–Crippen LogP) is 0.135. The van der Waals surface area contributed by atoms with E-state index in [2.05, 4.69) is 30.6 Å². The standard InChI is InChI=1S/C4H9NO2S.CH4S/c1-5-3(2-8)4(6)7;1-2/h3,5,8H,2H2,1H3,(H,6,7);2H,1H3/t3-;/m0./s1. The molecule has 0 fully saturated rings. The number of rotatable bonds is 3. The number of aliphatic carboxylic acids is 1. The Morgan fingerprint density at radius 1 is 1.70 bits per heavy atom. The van der Waals surface area contributed by atoms with Gasteiger partial charge in [0.2, 0.25) is 0 Å². The summed E-state index contributed by atoms with van der Waals surface area (Å²) in [7, 11) is 1.59. The van der Waals surface area contributed by atoms with Gasteiger partial charge < -0.3 is 10.4 Å². The topological polar surface area (TPSA) is 49.3 Å². The minimum absolute atomic E-state index is 0.325. The van der Waals surface area contributed by atoms with Crippen LogP contribution in [0.3, 0.4) is 0 Å². The van der Waals surface area contributed by atoms with Crippen molar-refractivity contribution in [2.45, 2.75) is 6.04 Å². The SMILES string of the molecule is CN[C@@H](CS)C(=O)O.CS. The van der Waals surface area contributed by atoms with E-state index >= 15 is 0 Å². The first-order valence-corrected chi connectivity index (χ1v) is 4.20. The smallest absolute Gasteiger partial charge is 0.321 e. The van der Waals surface area contributed by atoms with E-state index in [0.717, 1.165) is 0 Å². The molecule has 0 spiro atoms. The van der Waals surface area contributed by atoms with Gasteiger partial charge in [0.05, 0.1) is 0 Å². The average Bonchev–Trinajstić information content (AvgIpc) is 1.94. The van der Waals surface area contributed by atoms with E-state index in [-0.39, 0.29) is 0 Å². The summed E-state index contributed by atoms with van der Waals surface area (Å²) in [5, 5.41) is 10.8. The highest BCUT2D eigenvalue weighted by Gasteiger charge is 2.10. The third-order valence-corrected chi connectivity index (χ3v) is 1.19. The van der Waals surface area contributed by atoms with Crippen molar-refractivity contribution in [3.05, 3.63) is 0 Å². The molecule has 0 amide bonds. The van der Waals surface area contributed by atoms with Crippen LogP contribution in [0.5, 0.6) is 0 Å². The molecular weight excluding hydrogens is 170 g/mol. The third kappa shape index (κ3) is 6.25. The molecule has 2 N–H and O–H groups in total. The van der Waals surface area contributed by atoms with Crippen LogP contribution in [0.1, 0.15) is 0 Å². The van der Waals surface area contributed by atoms with Gasteiger partial charge in [-0.25, -0.2) is 0 Å². The minimum atomic E-state index is -0.859. The number of carbonyl (C=O) groups is 1. The number of carboxylic acid groups (broad SMARTS) is 1. The van der Waals surface area contributed by atoms with Crippen LogP contribution in [-0.2, 0) is 4.79 Å². The molecule has 0 aliphatic rings. The highest BCUT2D eigenvalue weighted by atomic mass is 32.1. The maximum absolute atomic E-state index is 10.1. The van der Waals surface area contributed by atoms with E-state index in [0.29, 0.717) is 5.75 Å². The zero-order valence-corrected chi connectivity index (χ0v) is 7.82. The second-order valence-electron chi connectivity index (χ2n) is 1.36. The fourth-order valence-corrected chi connectivity index (χ4v) is 0.632. The van der Waals surface area contributed by atoms with E-state index in [1.807, 2.05) is 0 Å². The summed E-state index contributed by atoms with van der Waals surface area (Å²) < 4.78 is 0. The Morgan fingerprint density at radius 2 is 2.10 bits per heavy atom. The quantitative estimate of drug-likeness (QED) is 0.471. The van der Waals surface area contributed by atoms with Crippen molar-refractivity contribution in [1.82, 2.24) is 5.32 Å². The predicted molar refractivity (Wildman–Crippen MR) is 49.2 cm³/mol. The lowest BCUT2D eigenvalue weighted by Gasteiger charge is -2.04. The van der Waals surface area contributed by atoms with Crippen LogP contribution in [0.4, 0.5) is 0 Å². The van der Waals surface area contributed by atoms with Crippen molar-refractivity contribution >= 4 is 31.2 Å². The largest absolute Gasteiger partial charge is 0.480 e. The van der Waals surface area contributed by atoms with Crippen molar-refractivity contribution in [1.29, 1.82) is 0 Å². The van der Waals surface area contributed by atoms with Gasteiger partial charge in [-0.15, -0.1) is 0 Å². The van der Waals surface area contributed by atoms with Gasteiger partial charge in [-0.3, -0.25) is 4.79 Å². The molecule has 1 atom stereocenters. The van der Waals surface area contributed by atoms with Crippen LogP contribution in [0, 0.1) is 0 Å². The van der Waals surface area contributed by atoms with Crippen molar-refractivity contribution in [3.63, 3.8) is 0 Å². The molecule has 3 nitrogen and oxygen atoms in total. The molecule has 62 valence electrons. The number of nitrogens with one attached hydrogen (secondary N) is 1. The maximum atomic E-state index is 10.1. The Labute approximate surface area is 72.0 Å². The second-order valence-corrected chi connectivity index (χ2v) is 1.73. The lowest BCUT2D eigenvalue weighted by Crippen LogP contribution is -2.35. The second kappa shape index (κ2) is 9.13. The summed E-state index contributed by atoms with van der Waals surface area (Å²) in [5.41, 5.74) is 0. The van der Waals surface area contributed by atoms with Crippen molar-refractivity contribution in [2.75, 3.05) is 19.1 Å². The van der Waals surface area contributed by atoms with Gasteiger partial charge in [0.15, 0.2) is 0 Å². The molecule has 5 heteroatoms. The monoisotopic (exact) mass is 183 g/mol. The molecule has 0 rings (SSSR count). The fourth-order valence-electron chi connectivity index (χ4n) is 0.293. The van der Waals surface area contributed by atoms with Gasteiger partial charge in [-0.2, -0.15) is 25.3 Å². The Kier molecular flexibility index (Phi) is 11.7. The first-order chi connectivity index (χ1) is 4.72. The molecule has 0 aromatic rings. The Morgan fingerprint density at radius 3 is 2.10 bits per heavy atom. The molecule has 0 saturated heterocycles. The number of thiol groups is 2. The number of hydrogen-bond acceptors (Lipinski definition) is 4. The molecule has 0 radical (unpaired) electrons. The van der Waals surface area contributed by atoms with Gasteiger partial charge in [0, 0.05) is 5.75 Å².